The van der Waals surface area contributed by atoms with Crippen molar-refractivity contribution in [1.82, 2.24) is 14.5 Å². The van der Waals surface area contributed by atoms with Gasteiger partial charge in [0.1, 0.15) is 5.69 Å². The Hall–Kier alpha value is -2.63. The predicted molar refractivity (Wildman–Crippen MR) is 70.9 cm³/mol. The van der Waals surface area contributed by atoms with E-state index in [1.807, 2.05) is 23.8 Å². The zero-order valence-electron chi connectivity index (χ0n) is 10.7. The van der Waals surface area contributed by atoms with Crippen LogP contribution in [0.25, 0.3) is 11.8 Å². The molecule has 0 spiro atoms. The van der Waals surface area contributed by atoms with Gasteiger partial charge in [-0.25, -0.2) is 9.97 Å². The summed E-state index contributed by atoms with van der Waals surface area (Å²) in [6.45, 7) is 1.90. The minimum Gasteiger partial charge on any atom is -0.479 e. The van der Waals surface area contributed by atoms with Crippen LogP contribution in [0.5, 0.6) is 5.88 Å². The van der Waals surface area contributed by atoms with Crippen LogP contribution >= 0.6 is 0 Å². The molecule has 2 rings (SSSR count). The highest BCUT2D eigenvalue weighted by Gasteiger charge is 2.07. The summed E-state index contributed by atoms with van der Waals surface area (Å²) in [5, 5.41) is 0. The van der Waals surface area contributed by atoms with Crippen LogP contribution in [-0.2, 0) is 4.79 Å². The molecule has 2 aromatic rings. The third-order valence-corrected chi connectivity index (χ3v) is 2.46. The summed E-state index contributed by atoms with van der Waals surface area (Å²) in [5.74, 6) is -0.0703. The molecular formula is C13H14N4O2. The van der Waals surface area contributed by atoms with Gasteiger partial charge < -0.3 is 15.0 Å². The third kappa shape index (κ3) is 2.98. The van der Waals surface area contributed by atoms with Crippen molar-refractivity contribution >= 4 is 12.0 Å². The molecule has 0 saturated heterocycles. The average molecular weight is 258 g/mol. The number of carbonyl (C=O) groups is 1. The lowest BCUT2D eigenvalue weighted by Crippen LogP contribution is -2.05. The number of aromatic nitrogens is 3. The monoisotopic (exact) mass is 258 g/mol. The number of aryl methyl sites for hydroxylation is 1. The van der Waals surface area contributed by atoms with Gasteiger partial charge >= 0.3 is 0 Å². The first-order chi connectivity index (χ1) is 9.10. The number of rotatable bonds is 4. The molecule has 1 amide bonds. The Morgan fingerprint density at radius 1 is 1.47 bits per heavy atom. The molecule has 0 unspecified atom stereocenters. The number of pyridine rings is 1. The molecule has 0 aliphatic carbocycles. The lowest BCUT2D eigenvalue weighted by Gasteiger charge is -2.08. The molecule has 0 radical (unpaired) electrons. The van der Waals surface area contributed by atoms with Crippen LogP contribution < -0.4 is 10.5 Å². The van der Waals surface area contributed by atoms with Crippen molar-refractivity contribution in [3.05, 3.63) is 42.1 Å². The molecule has 2 aromatic heterocycles. The Kier molecular flexibility index (Phi) is 3.61. The van der Waals surface area contributed by atoms with Crippen molar-refractivity contribution in [3.8, 4) is 11.6 Å². The Morgan fingerprint density at radius 3 is 2.84 bits per heavy atom. The fourth-order valence-electron chi connectivity index (χ4n) is 1.61. The van der Waals surface area contributed by atoms with Crippen molar-refractivity contribution in [2.45, 2.75) is 6.92 Å². The zero-order chi connectivity index (χ0) is 13.8. The summed E-state index contributed by atoms with van der Waals surface area (Å²) < 4.78 is 7.07. The lowest BCUT2D eigenvalue weighted by atomic mass is 10.3. The van der Waals surface area contributed by atoms with E-state index in [1.54, 1.807) is 12.4 Å². The van der Waals surface area contributed by atoms with Crippen LogP contribution in [-0.4, -0.2) is 27.6 Å². The maximum Gasteiger partial charge on any atom is 0.241 e. The van der Waals surface area contributed by atoms with E-state index in [0.29, 0.717) is 11.6 Å². The van der Waals surface area contributed by atoms with E-state index in [2.05, 4.69) is 9.97 Å². The summed E-state index contributed by atoms with van der Waals surface area (Å²) in [5.41, 5.74) is 7.31. The third-order valence-electron chi connectivity index (χ3n) is 2.46. The van der Waals surface area contributed by atoms with Crippen LogP contribution in [0.3, 0.4) is 0 Å². The van der Waals surface area contributed by atoms with Crippen molar-refractivity contribution < 1.29 is 9.53 Å². The summed E-state index contributed by atoms with van der Waals surface area (Å²) in [6.07, 6.45) is 6.35. The van der Waals surface area contributed by atoms with Gasteiger partial charge in [0.05, 0.1) is 24.8 Å². The Labute approximate surface area is 110 Å². The number of amides is 1. The van der Waals surface area contributed by atoms with E-state index in [-0.39, 0.29) is 0 Å². The molecule has 6 nitrogen and oxygen atoms in total. The van der Waals surface area contributed by atoms with Gasteiger partial charge in [-0.05, 0) is 25.1 Å². The van der Waals surface area contributed by atoms with Crippen LogP contribution in [0.2, 0.25) is 0 Å². The maximum absolute atomic E-state index is 10.7. The van der Waals surface area contributed by atoms with Gasteiger partial charge in [-0.2, -0.15) is 0 Å². The minimum absolute atomic E-state index is 0.448. The highest BCUT2D eigenvalue weighted by Crippen LogP contribution is 2.21. The molecule has 6 heteroatoms. The molecular weight excluding hydrogens is 244 g/mol. The quantitative estimate of drug-likeness (QED) is 0.832. The van der Waals surface area contributed by atoms with Crippen molar-refractivity contribution in [2.75, 3.05) is 7.11 Å². The SMILES string of the molecule is COc1nc(C=CC(N)=O)ccc1-n1cnc(C)c1. The van der Waals surface area contributed by atoms with Gasteiger partial charge in [-0.1, -0.05) is 0 Å². The Morgan fingerprint density at radius 2 is 2.26 bits per heavy atom. The molecule has 0 bridgehead atoms. The maximum atomic E-state index is 10.7. The number of hydrogen-bond acceptors (Lipinski definition) is 4. The number of methoxy groups -OCH3 is 1. The summed E-state index contributed by atoms with van der Waals surface area (Å²) in [6, 6.07) is 3.61. The molecule has 0 fully saturated rings. The number of ether oxygens (including phenoxy) is 1. The number of carbonyl (C=O) groups excluding carboxylic acids is 1. The highest BCUT2D eigenvalue weighted by atomic mass is 16.5. The zero-order valence-corrected chi connectivity index (χ0v) is 10.7. The van der Waals surface area contributed by atoms with Crippen LogP contribution in [0.15, 0.2) is 30.7 Å². The number of hydrogen-bond donors (Lipinski definition) is 1. The first-order valence-corrected chi connectivity index (χ1v) is 5.63. The fourth-order valence-corrected chi connectivity index (χ4v) is 1.61. The topological polar surface area (TPSA) is 83.0 Å². The summed E-state index contributed by atoms with van der Waals surface area (Å²) >= 11 is 0. The van der Waals surface area contributed by atoms with E-state index in [1.165, 1.54) is 19.3 Å². The van der Waals surface area contributed by atoms with Crippen LogP contribution in [0.4, 0.5) is 0 Å². The van der Waals surface area contributed by atoms with Gasteiger partial charge in [0.25, 0.3) is 0 Å². The second-order valence-electron chi connectivity index (χ2n) is 3.92. The normalized spacial score (nSPS) is 10.8. The smallest absolute Gasteiger partial charge is 0.241 e. The molecule has 98 valence electrons. The second kappa shape index (κ2) is 5.34. The summed E-state index contributed by atoms with van der Waals surface area (Å²) in [4.78, 5) is 19.1. The van der Waals surface area contributed by atoms with Gasteiger partial charge in [0.2, 0.25) is 11.8 Å². The molecule has 0 aliphatic heterocycles. The predicted octanol–water partition coefficient (Wildman–Crippen LogP) is 1.08. The minimum atomic E-state index is -0.518. The Bertz CT molecular complexity index is 631. The van der Waals surface area contributed by atoms with E-state index in [9.17, 15) is 4.79 Å². The van der Waals surface area contributed by atoms with Gasteiger partial charge in [-0.3, -0.25) is 4.79 Å². The van der Waals surface area contributed by atoms with Crippen molar-refractivity contribution in [3.63, 3.8) is 0 Å². The first kappa shape index (κ1) is 12.8. The van der Waals surface area contributed by atoms with E-state index >= 15 is 0 Å². The molecule has 0 atom stereocenters. The van der Waals surface area contributed by atoms with Gasteiger partial charge in [0, 0.05) is 12.3 Å². The second-order valence-corrected chi connectivity index (χ2v) is 3.92. The molecule has 19 heavy (non-hydrogen) atoms. The van der Waals surface area contributed by atoms with Crippen molar-refractivity contribution in [2.24, 2.45) is 5.73 Å². The van der Waals surface area contributed by atoms with E-state index in [4.69, 9.17) is 10.5 Å². The first-order valence-electron chi connectivity index (χ1n) is 5.63. The molecule has 0 aliphatic rings. The lowest BCUT2D eigenvalue weighted by molar-refractivity contribution is -0.113. The Balaban J connectivity index is 2.39. The standard InChI is InChI=1S/C13H14N4O2/c1-9-7-17(8-15-9)11-5-3-10(4-6-12(14)18)16-13(11)19-2/h3-8H,1-2H3,(H2,14,18). The molecule has 2 N–H and O–H groups in total. The largest absolute Gasteiger partial charge is 0.479 e. The average Bonchev–Trinajstić information content (AvgIpc) is 2.82. The van der Waals surface area contributed by atoms with Crippen LogP contribution in [0.1, 0.15) is 11.4 Å². The molecule has 0 saturated carbocycles. The van der Waals surface area contributed by atoms with Gasteiger partial charge in [-0.15, -0.1) is 0 Å². The number of imidazole rings is 1. The summed E-state index contributed by atoms with van der Waals surface area (Å²) in [7, 11) is 1.54. The van der Waals surface area contributed by atoms with Crippen LogP contribution in [0, 0.1) is 6.92 Å². The van der Waals surface area contributed by atoms with E-state index in [0.717, 1.165) is 11.4 Å². The number of nitrogens with two attached hydrogens (primary N) is 1. The number of nitrogens with zero attached hydrogens (tertiary/aromatic N) is 3. The number of primary amides is 1. The van der Waals surface area contributed by atoms with Crippen molar-refractivity contribution in [1.29, 1.82) is 0 Å². The van der Waals surface area contributed by atoms with E-state index < -0.39 is 5.91 Å². The van der Waals surface area contributed by atoms with Gasteiger partial charge in [0.15, 0.2) is 0 Å². The fraction of sp³-hybridized carbons (Fsp3) is 0.154. The molecule has 2 heterocycles. The highest BCUT2D eigenvalue weighted by molar-refractivity contribution is 5.90. The molecule has 0 aromatic carbocycles.